The summed E-state index contributed by atoms with van der Waals surface area (Å²) in [5, 5.41) is 4.01. The number of nitrogens with one attached hydrogen (secondary N) is 1. The predicted octanol–water partition coefficient (Wildman–Crippen LogP) is 5.11. The molecule has 0 spiro atoms. The minimum Gasteiger partial charge on any atom is -0.497 e. The fourth-order valence-electron chi connectivity index (χ4n) is 2.24. The van der Waals surface area contributed by atoms with Crippen molar-refractivity contribution in [3.63, 3.8) is 0 Å². The lowest BCUT2D eigenvalue weighted by Gasteiger charge is -2.29. The summed E-state index contributed by atoms with van der Waals surface area (Å²) in [5.74, 6) is 0.277. The Morgan fingerprint density at radius 2 is 1.75 bits per heavy atom. The number of benzene rings is 2. The molecule has 2 aromatic carbocycles. The fraction of sp³-hybridized carbons (Fsp3) is 0.300. The Kier molecular flexibility index (Phi) is 7.54. The van der Waals surface area contributed by atoms with Gasteiger partial charge in [-0.1, -0.05) is 29.8 Å². The van der Waals surface area contributed by atoms with Crippen molar-refractivity contribution in [1.29, 1.82) is 0 Å². The Morgan fingerprint density at radius 3 is 2.32 bits per heavy atom. The van der Waals surface area contributed by atoms with Gasteiger partial charge >= 0.3 is 6.09 Å². The van der Waals surface area contributed by atoms with Crippen molar-refractivity contribution in [2.24, 2.45) is 5.41 Å². The van der Waals surface area contributed by atoms with Crippen LogP contribution in [0.3, 0.4) is 0 Å². The summed E-state index contributed by atoms with van der Waals surface area (Å²) in [6.45, 7) is 3.34. The summed E-state index contributed by atoms with van der Waals surface area (Å²) in [6.07, 6.45) is -0.809. The number of hydrogen-bond donors (Lipinski definition) is 1. The van der Waals surface area contributed by atoms with Crippen LogP contribution in [0.15, 0.2) is 48.5 Å². The third kappa shape index (κ3) is 5.78. The molecule has 2 rings (SSSR count). The first kappa shape index (κ1) is 21.9. The van der Waals surface area contributed by atoms with Crippen LogP contribution in [0, 0.1) is 5.41 Å². The molecule has 0 radical (unpaired) electrons. The largest absolute Gasteiger partial charge is 0.497 e. The van der Waals surface area contributed by atoms with E-state index in [0.29, 0.717) is 22.0 Å². The zero-order valence-electron chi connectivity index (χ0n) is 15.9. The summed E-state index contributed by atoms with van der Waals surface area (Å²) in [4.78, 5) is 30.5. The number of ether oxygens (including phenoxy) is 1. The second-order valence-corrected chi connectivity index (χ2v) is 7.36. The molecule has 0 heterocycles. The van der Waals surface area contributed by atoms with Crippen LogP contribution in [0.4, 0.5) is 10.5 Å². The van der Waals surface area contributed by atoms with E-state index in [2.05, 4.69) is 5.32 Å². The van der Waals surface area contributed by atoms with Crippen LogP contribution in [0.2, 0.25) is 5.02 Å². The summed E-state index contributed by atoms with van der Waals surface area (Å²) in [5.41, 5.74) is 0.205. The number of alkyl halides is 1. The van der Waals surface area contributed by atoms with Gasteiger partial charge in [0.2, 0.25) is 0 Å². The number of methoxy groups -OCH3 is 1. The summed E-state index contributed by atoms with van der Waals surface area (Å²) in [7, 11) is 1.55. The predicted molar refractivity (Wildman–Crippen MR) is 110 cm³/mol. The Labute approximate surface area is 174 Å². The van der Waals surface area contributed by atoms with Gasteiger partial charge in [0, 0.05) is 16.6 Å². The average Bonchev–Trinajstić information content (AvgIpc) is 2.69. The number of nitrogens with zero attached hydrogens (tertiary/aromatic N) is 1. The Bertz CT molecular complexity index is 825. The molecule has 2 aromatic rings. The smallest absolute Gasteiger partial charge is 0.436 e. The second kappa shape index (κ2) is 9.66. The van der Waals surface area contributed by atoms with Gasteiger partial charge in [0.1, 0.15) is 5.75 Å². The van der Waals surface area contributed by atoms with Crippen molar-refractivity contribution in [2.45, 2.75) is 20.4 Å². The molecule has 0 saturated heterocycles. The van der Waals surface area contributed by atoms with Crippen LogP contribution in [0.5, 0.6) is 5.75 Å². The zero-order valence-corrected chi connectivity index (χ0v) is 17.4. The fourth-order valence-corrected chi connectivity index (χ4v) is 2.55. The van der Waals surface area contributed by atoms with E-state index in [4.69, 9.17) is 32.8 Å². The maximum atomic E-state index is 12.9. The average molecular weight is 425 g/mol. The van der Waals surface area contributed by atoms with Crippen LogP contribution in [-0.2, 0) is 16.2 Å². The van der Waals surface area contributed by atoms with Crippen molar-refractivity contribution in [2.75, 3.05) is 18.3 Å². The topological polar surface area (TPSA) is 67.9 Å². The summed E-state index contributed by atoms with van der Waals surface area (Å²) < 4.78 is 5.08. The Hall–Kier alpha value is -2.44. The third-order valence-corrected chi connectivity index (χ3v) is 4.98. The SMILES string of the molecule is COc1ccc(NC(=O)ON(Cc2ccccc2Cl)C(=O)C(C)(C)CCl)cc1. The lowest BCUT2D eigenvalue weighted by atomic mass is 9.95. The lowest BCUT2D eigenvalue weighted by molar-refractivity contribution is -0.176. The Balaban J connectivity index is 2.16. The first-order valence-electron chi connectivity index (χ1n) is 8.51. The first-order valence-corrected chi connectivity index (χ1v) is 9.42. The van der Waals surface area contributed by atoms with Crippen LogP contribution in [0.1, 0.15) is 19.4 Å². The van der Waals surface area contributed by atoms with E-state index in [1.165, 1.54) is 0 Å². The highest BCUT2D eigenvalue weighted by atomic mass is 35.5. The van der Waals surface area contributed by atoms with E-state index in [1.54, 1.807) is 69.5 Å². The van der Waals surface area contributed by atoms with E-state index < -0.39 is 17.4 Å². The summed E-state index contributed by atoms with van der Waals surface area (Å²) in [6, 6.07) is 13.7. The number of hydrogen-bond acceptors (Lipinski definition) is 4. The van der Waals surface area contributed by atoms with E-state index >= 15 is 0 Å². The molecule has 0 bridgehead atoms. The highest BCUT2D eigenvalue weighted by Crippen LogP contribution is 2.25. The number of amides is 2. The van der Waals surface area contributed by atoms with E-state index in [9.17, 15) is 9.59 Å². The molecule has 0 aromatic heterocycles. The van der Waals surface area contributed by atoms with Gasteiger partial charge in [0.15, 0.2) is 0 Å². The van der Waals surface area contributed by atoms with Gasteiger partial charge in [-0.05, 0) is 49.7 Å². The van der Waals surface area contributed by atoms with Crippen molar-refractivity contribution >= 4 is 40.9 Å². The second-order valence-electron chi connectivity index (χ2n) is 6.68. The molecule has 8 heteroatoms. The highest BCUT2D eigenvalue weighted by Gasteiger charge is 2.34. The molecule has 0 fully saturated rings. The summed E-state index contributed by atoms with van der Waals surface area (Å²) >= 11 is 12.1. The molecule has 6 nitrogen and oxygen atoms in total. The normalized spacial score (nSPS) is 10.9. The van der Waals surface area contributed by atoms with Crippen molar-refractivity contribution in [1.82, 2.24) is 5.06 Å². The number of rotatable bonds is 6. The van der Waals surface area contributed by atoms with Gasteiger partial charge in [-0.3, -0.25) is 10.1 Å². The van der Waals surface area contributed by atoms with Gasteiger partial charge in [0.05, 0.1) is 19.1 Å². The monoisotopic (exact) mass is 424 g/mol. The van der Waals surface area contributed by atoms with Gasteiger partial charge in [-0.2, -0.15) is 5.06 Å². The van der Waals surface area contributed by atoms with Gasteiger partial charge in [-0.25, -0.2) is 4.79 Å². The number of hydroxylamine groups is 2. The molecule has 2 amide bonds. The molecular weight excluding hydrogens is 403 g/mol. The van der Waals surface area contributed by atoms with Crippen molar-refractivity contribution in [3.05, 3.63) is 59.1 Å². The molecule has 0 aliphatic heterocycles. The number of anilines is 1. The van der Waals surface area contributed by atoms with Crippen LogP contribution in [-0.4, -0.2) is 30.1 Å². The minimum absolute atomic E-state index is 0.00510. The standard InChI is InChI=1S/C20H22Cl2N2O4/c1-20(2,13-21)18(25)24(12-14-6-4-5-7-17(14)22)28-19(26)23-15-8-10-16(27-3)11-9-15/h4-11H,12-13H2,1-3H3,(H,23,26). The molecule has 28 heavy (non-hydrogen) atoms. The molecule has 0 saturated carbocycles. The lowest BCUT2D eigenvalue weighted by Crippen LogP contribution is -2.43. The number of halogens is 2. The molecule has 0 aliphatic rings. The first-order chi connectivity index (χ1) is 13.3. The van der Waals surface area contributed by atoms with E-state index in [-0.39, 0.29) is 12.4 Å². The molecular formula is C20H22Cl2N2O4. The maximum absolute atomic E-state index is 12.9. The van der Waals surface area contributed by atoms with Gasteiger partial charge in [0.25, 0.3) is 5.91 Å². The number of carbonyl (C=O) groups is 2. The maximum Gasteiger partial charge on any atom is 0.436 e. The quantitative estimate of drug-likeness (QED) is 0.516. The van der Waals surface area contributed by atoms with Crippen LogP contribution in [0.25, 0.3) is 0 Å². The van der Waals surface area contributed by atoms with Crippen LogP contribution < -0.4 is 10.1 Å². The minimum atomic E-state index is -0.927. The van der Waals surface area contributed by atoms with E-state index in [0.717, 1.165) is 5.06 Å². The molecule has 0 atom stereocenters. The Morgan fingerprint density at radius 1 is 1.11 bits per heavy atom. The molecule has 0 unspecified atom stereocenters. The van der Waals surface area contributed by atoms with Crippen LogP contribution >= 0.6 is 23.2 Å². The van der Waals surface area contributed by atoms with E-state index in [1.807, 2.05) is 0 Å². The third-order valence-electron chi connectivity index (χ3n) is 3.94. The van der Waals surface area contributed by atoms with Crippen molar-refractivity contribution < 1.29 is 19.2 Å². The molecule has 150 valence electrons. The van der Waals surface area contributed by atoms with Gasteiger partial charge < -0.3 is 9.57 Å². The highest BCUT2D eigenvalue weighted by molar-refractivity contribution is 6.31. The molecule has 1 N–H and O–H groups in total. The zero-order chi connectivity index (χ0) is 20.7. The van der Waals surface area contributed by atoms with Gasteiger partial charge in [-0.15, -0.1) is 11.6 Å². The van der Waals surface area contributed by atoms with Crippen molar-refractivity contribution in [3.8, 4) is 5.75 Å². The number of carbonyl (C=O) groups excluding carboxylic acids is 2. The molecule has 0 aliphatic carbocycles.